The molecule has 0 fully saturated rings. The van der Waals surface area contributed by atoms with Crippen molar-refractivity contribution in [1.82, 2.24) is 0 Å². The predicted molar refractivity (Wildman–Crippen MR) is 47.6 cm³/mol. The summed E-state index contributed by atoms with van der Waals surface area (Å²) in [5, 5.41) is 0. The minimum absolute atomic E-state index is 0.150. The van der Waals surface area contributed by atoms with E-state index in [0.717, 1.165) is 0 Å². The monoisotopic (exact) mass is 180 g/mol. The first-order chi connectivity index (χ1) is 6.24. The van der Waals surface area contributed by atoms with Gasteiger partial charge in [-0.15, -0.1) is 0 Å². The zero-order valence-electron chi connectivity index (χ0n) is 7.03. The molecule has 0 saturated carbocycles. The lowest BCUT2D eigenvalue weighted by molar-refractivity contribution is -0.00126. The van der Waals surface area contributed by atoms with Crippen LogP contribution in [0.25, 0.3) is 0 Å². The fourth-order valence-corrected chi connectivity index (χ4v) is 0.798. The number of anilines is 1. The number of rotatable bonds is 3. The van der Waals surface area contributed by atoms with Crippen molar-refractivity contribution >= 4 is 11.7 Å². The summed E-state index contributed by atoms with van der Waals surface area (Å²) in [4.78, 5) is 11.1. The average molecular weight is 180 g/mol. The van der Waals surface area contributed by atoms with E-state index in [2.05, 4.69) is 16.6 Å². The van der Waals surface area contributed by atoms with Crippen molar-refractivity contribution in [3.8, 4) is 0 Å². The number of carbonyl (C=O) groups is 1. The van der Waals surface area contributed by atoms with Crippen molar-refractivity contribution < 1.29 is 14.3 Å². The van der Waals surface area contributed by atoms with E-state index < -0.39 is 5.97 Å². The molecule has 0 amide bonds. The van der Waals surface area contributed by atoms with E-state index in [-0.39, 0.29) is 6.79 Å². The molecule has 0 aromatic heterocycles. The topological polar surface area (TPSA) is 61.5 Å². The maximum Gasteiger partial charge on any atom is 0.340 e. The molecule has 0 aliphatic rings. The van der Waals surface area contributed by atoms with Crippen molar-refractivity contribution in [2.75, 3.05) is 12.5 Å². The largest absolute Gasteiger partial charge is 0.435 e. The standard InChI is InChI=1S/C9H10NO3/c1-12-6-13-9(11)7-2-4-8(10)5-3-7/h2-5H,1,6,10H2. The highest BCUT2D eigenvalue weighted by Crippen LogP contribution is 2.06. The van der Waals surface area contributed by atoms with Crippen LogP contribution < -0.4 is 5.73 Å². The van der Waals surface area contributed by atoms with Crippen LogP contribution in [0.5, 0.6) is 0 Å². The first kappa shape index (κ1) is 9.54. The lowest BCUT2D eigenvalue weighted by Crippen LogP contribution is -2.06. The SMILES string of the molecule is [CH2]OCOC(=O)c1ccc(N)cc1. The fourth-order valence-electron chi connectivity index (χ4n) is 0.798. The van der Waals surface area contributed by atoms with Gasteiger partial charge in [0.2, 0.25) is 0 Å². The summed E-state index contributed by atoms with van der Waals surface area (Å²) in [5.74, 6) is -0.455. The number of carbonyl (C=O) groups excluding carboxylic acids is 1. The van der Waals surface area contributed by atoms with Crippen LogP contribution in [0.2, 0.25) is 0 Å². The Morgan fingerprint density at radius 2 is 2.00 bits per heavy atom. The van der Waals surface area contributed by atoms with Gasteiger partial charge in [-0.3, -0.25) is 0 Å². The van der Waals surface area contributed by atoms with E-state index >= 15 is 0 Å². The molecule has 1 rings (SSSR count). The second-order valence-electron chi connectivity index (χ2n) is 2.38. The van der Waals surface area contributed by atoms with Crippen molar-refractivity contribution in [2.45, 2.75) is 0 Å². The number of esters is 1. The number of hydrogen-bond acceptors (Lipinski definition) is 4. The molecular weight excluding hydrogens is 170 g/mol. The van der Waals surface area contributed by atoms with Gasteiger partial charge < -0.3 is 15.2 Å². The molecule has 4 nitrogen and oxygen atoms in total. The smallest absolute Gasteiger partial charge is 0.340 e. The van der Waals surface area contributed by atoms with Gasteiger partial charge in [0, 0.05) is 5.69 Å². The Hall–Kier alpha value is -1.55. The quantitative estimate of drug-likeness (QED) is 0.431. The highest BCUT2D eigenvalue weighted by molar-refractivity contribution is 5.89. The van der Waals surface area contributed by atoms with E-state index in [1.54, 1.807) is 24.3 Å². The van der Waals surface area contributed by atoms with Gasteiger partial charge in [0.25, 0.3) is 0 Å². The summed E-state index contributed by atoms with van der Waals surface area (Å²) in [6, 6.07) is 6.42. The van der Waals surface area contributed by atoms with E-state index in [9.17, 15) is 4.79 Å². The third-order valence-electron chi connectivity index (χ3n) is 1.42. The molecule has 1 aromatic rings. The predicted octanol–water partition coefficient (Wildman–Crippen LogP) is 1.19. The van der Waals surface area contributed by atoms with Crippen LogP contribution in [0.15, 0.2) is 24.3 Å². The average Bonchev–Trinajstić information content (AvgIpc) is 2.15. The molecule has 13 heavy (non-hydrogen) atoms. The molecular formula is C9H10NO3. The number of ether oxygens (including phenoxy) is 2. The minimum Gasteiger partial charge on any atom is -0.435 e. The number of hydrogen-bond donors (Lipinski definition) is 1. The second kappa shape index (κ2) is 4.47. The van der Waals surface area contributed by atoms with E-state index in [1.807, 2.05) is 0 Å². The Morgan fingerprint density at radius 1 is 1.38 bits per heavy atom. The summed E-state index contributed by atoms with van der Waals surface area (Å²) in [6.45, 7) is -0.150. The molecule has 0 saturated heterocycles. The second-order valence-corrected chi connectivity index (χ2v) is 2.38. The highest BCUT2D eigenvalue weighted by Gasteiger charge is 2.04. The van der Waals surface area contributed by atoms with Gasteiger partial charge in [0.15, 0.2) is 6.79 Å². The Balaban J connectivity index is 2.61. The lowest BCUT2D eigenvalue weighted by atomic mass is 10.2. The van der Waals surface area contributed by atoms with Gasteiger partial charge in [-0.1, -0.05) is 0 Å². The Bertz CT molecular complexity index is 281. The lowest BCUT2D eigenvalue weighted by Gasteiger charge is -2.02. The van der Waals surface area contributed by atoms with Crippen LogP contribution in [0.1, 0.15) is 10.4 Å². The number of nitrogens with two attached hydrogens (primary N) is 1. The van der Waals surface area contributed by atoms with Crippen LogP contribution in [0.3, 0.4) is 0 Å². The molecule has 0 unspecified atom stereocenters. The first-order valence-corrected chi connectivity index (χ1v) is 3.63. The third-order valence-corrected chi connectivity index (χ3v) is 1.42. The van der Waals surface area contributed by atoms with Gasteiger partial charge >= 0.3 is 5.97 Å². The number of nitrogen functional groups attached to an aromatic ring is 1. The van der Waals surface area contributed by atoms with Crippen molar-refractivity contribution in [2.24, 2.45) is 0 Å². The van der Waals surface area contributed by atoms with Gasteiger partial charge in [-0.05, 0) is 24.3 Å². The molecule has 69 valence electrons. The molecule has 1 aromatic carbocycles. The summed E-state index contributed by atoms with van der Waals surface area (Å²) in [7, 11) is 3.07. The van der Waals surface area contributed by atoms with Gasteiger partial charge in [-0.2, -0.15) is 0 Å². The normalized spacial score (nSPS) is 9.62. The summed E-state index contributed by atoms with van der Waals surface area (Å²) in [6.07, 6.45) is 0. The minimum atomic E-state index is -0.455. The van der Waals surface area contributed by atoms with E-state index in [4.69, 9.17) is 5.73 Å². The summed E-state index contributed by atoms with van der Waals surface area (Å²) >= 11 is 0. The first-order valence-electron chi connectivity index (χ1n) is 3.63. The molecule has 1 radical (unpaired) electrons. The maximum atomic E-state index is 11.1. The fraction of sp³-hybridized carbons (Fsp3) is 0.111. The zero-order chi connectivity index (χ0) is 9.68. The Labute approximate surface area is 76.3 Å². The van der Waals surface area contributed by atoms with Gasteiger partial charge in [0.1, 0.15) is 0 Å². The molecule has 0 bridgehead atoms. The zero-order valence-corrected chi connectivity index (χ0v) is 7.03. The molecule has 0 heterocycles. The molecule has 0 aliphatic heterocycles. The van der Waals surface area contributed by atoms with Gasteiger partial charge in [-0.25, -0.2) is 4.79 Å². The van der Waals surface area contributed by atoms with Crippen molar-refractivity contribution in [3.05, 3.63) is 36.9 Å². The highest BCUT2D eigenvalue weighted by atomic mass is 16.7. The molecule has 2 N–H and O–H groups in total. The van der Waals surface area contributed by atoms with Crippen LogP contribution in [-0.4, -0.2) is 12.8 Å². The summed E-state index contributed by atoms with van der Waals surface area (Å²) in [5.41, 5.74) is 6.48. The van der Waals surface area contributed by atoms with Crippen LogP contribution in [0.4, 0.5) is 5.69 Å². The summed E-state index contributed by atoms with van der Waals surface area (Å²) < 4.78 is 8.99. The maximum absolute atomic E-state index is 11.1. The third kappa shape index (κ3) is 2.76. The molecule has 0 spiro atoms. The van der Waals surface area contributed by atoms with Crippen LogP contribution in [-0.2, 0) is 9.47 Å². The van der Waals surface area contributed by atoms with Crippen LogP contribution in [0, 0.1) is 7.11 Å². The molecule has 0 atom stereocenters. The Morgan fingerprint density at radius 3 is 2.54 bits per heavy atom. The van der Waals surface area contributed by atoms with E-state index in [1.165, 1.54) is 0 Å². The molecule has 4 heteroatoms. The van der Waals surface area contributed by atoms with Crippen molar-refractivity contribution in [3.63, 3.8) is 0 Å². The van der Waals surface area contributed by atoms with Crippen LogP contribution >= 0.6 is 0 Å². The number of benzene rings is 1. The van der Waals surface area contributed by atoms with Crippen molar-refractivity contribution in [1.29, 1.82) is 0 Å². The Kier molecular flexibility index (Phi) is 3.28. The van der Waals surface area contributed by atoms with E-state index in [0.29, 0.717) is 11.3 Å². The van der Waals surface area contributed by atoms with Gasteiger partial charge in [0.05, 0.1) is 12.7 Å². The molecule has 0 aliphatic carbocycles.